The fraction of sp³-hybridized carbons (Fsp3) is 0.455. The van der Waals surface area contributed by atoms with Gasteiger partial charge in [-0.3, -0.25) is 4.79 Å². The number of nitrogens with zero attached hydrogens (tertiary/aromatic N) is 1. The first-order valence-electron chi connectivity index (χ1n) is 9.88. The van der Waals surface area contributed by atoms with Gasteiger partial charge < -0.3 is 15.4 Å². The van der Waals surface area contributed by atoms with Crippen molar-refractivity contribution in [2.75, 3.05) is 19.0 Å². The molecule has 5 nitrogen and oxygen atoms in total. The molecule has 1 aliphatic carbocycles. The number of methoxy groups -OCH3 is 1. The average molecular weight is 367 g/mol. The van der Waals surface area contributed by atoms with Crippen molar-refractivity contribution in [2.24, 2.45) is 0 Å². The fourth-order valence-corrected chi connectivity index (χ4v) is 3.49. The zero-order chi connectivity index (χ0) is 18.9. The molecule has 0 saturated heterocycles. The maximum atomic E-state index is 12.4. The molecule has 0 radical (unpaired) electrons. The van der Waals surface area contributed by atoms with E-state index in [9.17, 15) is 4.79 Å². The van der Waals surface area contributed by atoms with Crippen molar-refractivity contribution in [1.29, 1.82) is 0 Å². The van der Waals surface area contributed by atoms with Crippen LogP contribution in [0.3, 0.4) is 0 Å². The van der Waals surface area contributed by atoms with Crippen molar-refractivity contribution in [2.45, 2.75) is 51.0 Å². The molecule has 0 atom stereocenters. The van der Waals surface area contributed by atoms with Gasteiger partial charge in [-0.2, -0.15) is 0 Å². The molecule has 1 aliphatic rings. The molecule has 144 valence electrons. The van der Waals surface area contributed by atoms with E-state index in [2.05, 4.69) is 21.7 Å². The highest BCUT2D eigenvalue weighted by atomic mass is 16.5. The molecule has 3 rings (SSSR count). The summed E-state index contributed by atoms with van der Waals surface area (Å²) in [5, 5.41) is 6.46. The minimum atomic E-state index is -0.0164. The molecule has 1 saturated carbocycles. The predicted molar refractivity (Wildman–Crippen MR) is 108 cm³/mol. The Balaban J connectivity index is 1.47. The van der Waals surface area contributed by atoms with Crippen LogP contribution in [0.2, 0.25) is 0 Å². The maximum absolute atomic E-state index is 12.4. The Morgan fingerprint density at radius 1 is 1.15 bits per heavy atom. The molecular weight excluding hydrogens is 338 g/mol. The van der Waals surface area contributed by atoms with Crippen molar-refractivity contribution < 1.29 is 9.53 Å². The smallest absolute Gasteiger partial charge is 0.253 e. The lowest BCUT2D eigenvalue weighted by Gasteiger charge is -2.16. The van der Waals surface area contributed by atoms with Crippen LogP contribution in [0.1, 0.15) is 54.4 Å². The van der Waals surface area contributed by atoms with Crippen LogP contribution in [-0.2, 0) is 6.42 Å². The number of rotatable bonds is 7. The molecule has 2 N–H and O–H groups in total. The number of carbonyl (C=O) groups is 1. The van der Waals surface area contributed by atoms with Gasteiger partial charge in [0.2, 0.25) is 0 Å². The van der Waals surface area contributed by atoms with Gasteiger partial charge in [0, 0.05) is 18.8 Å². The predicted octanol–water partition coefficient (Wildman–Crippen LogP) is 4.20. The monoisotopic (exact) mass is 367 g/mol. The van der Waals surface area contributed by atoms with Gasteiger partial charge in [0.05, 0.1) is 12.7 Å². The number of carbonyl (C=O) groups excluding carboxylic acids is 1. The zero-order valence-corrected chi connectivity index (χ0v) is 16.0. The Morgan fingerprint density at radius 3 is 2.67 bits per heavy atom. The molecule has 1 aromatic carbocycles. The van der Waals surface area contributed by atoms with Gasteiger partial charge in [0.15, 0.2) is 0 Å². The molecule has 2 aromatic rings. The third-order valence-electron chi connectivity index (χ3n) is 5.07. The summed E-state index contributed by atoms with van der Waals surface area (Å²) >= 11 is 0. The molecular formula is C22H29N3O2. The molecule has 0 unspecified atom stereocenters. The van der Waals surface area contributed by atoms with E-state index in [1.54, 1.807) is 13.3 Å². The molecule has 0 spiro atoms. The third-order valence-corrected chi connectivity index (χ3v) is 5.07. The zero-order valence-electron chi connectivity index (χ0n) is 16.0. The van der Waals surface area contributed by atoms with Crippen LogP contribution < -0.4 is 15.4 Å². The number of nitrogens with one attached hydrogen (secondary N) is 2. The molecule has 5 heteroatoms. The lowest BCUT2D eigenvalue weighted by atomic mass is 10.1. The number of hydrogen-bond donors (Lipinski definition) is 2. The Labute approximate surface area is 161 Å². The first kappa shape index (κ1) is 19.2. The normalized spacial score (nSPS) is 15.0. The van der Waals surface area contributed by atoms with Gasteiger partial charge in [-0.05, 0) is 49.1 Å². The summed E-state index contributed by atoms with van der Waals surface area (Å²) in [7, 11) is 1.68. The van der Waals surface area contributed by atoms with Crippen LogP contribution in [0, 0.1) is 0 Å². The highest BCUT2D eigenvalue weighted by molar-refractivity contribution is 5.94. The second-order valence-electron chi connectivity index (χ2n) is 7.12. The Kier molecular flexibility index (Phi) is 7.08. The number of ether oxygens (including phenoxy) is 1. The Morgan fingerprint density at radius 2 is 1.96 bits per heavy atom. The van der Waals surface area contributed by atoms with E-state index in [0.29, 0.717) is 11.6 Å². The van der Waals surface area contributed by atoms with E-state index < -0.39 is 0 Å². The van der Waals surface area contributed by atoms with E-state index in [0.717, 1.165) is 37.4 Å². The summed E-state index contributed by atoms with van der Waals surface area (Å²) in [6.45, 7) is 0.772. The summed E-state index contributed by atoms with van der Waals surface area (Å²) in [6.07, 6.45) is 9.68. The Hall–Kier alpha value is -2.56. The van der Waals surface area contributed by atoms with Crippen LogP contribution in [-0.4, -0.2) is 30.6 Å². The Bertz CT molecular complexity index is 723. The van der Waals surface area contributed by atoms with Crippen LogP contribution in [0.4, 0.5) is 5.82 Å². The van der Waals surface area contributed by atoms with Crippen molar-refractivity contribution in [3.8, 4) is 5.75 Å². The summed E-state index contributed by atoms with van der Waals surface area (Å²) in [5.41, 5.74) is 1.83. The molecule has 1 amide bonds. The van der Waals surface area contributed by atoms with E-state index in [4.69, 9.17) is 4.74 Å². The standard InChI is InChI=1S/C22H29N3O2/c1-27-20-10-6-7-17(15-20)13-14-23-21-12-11-18(16-24-21)22(26)25-19-8-4-2-3-5-9-19/h6-7,10-12,15-16,19H,2-5,8-9,13-14H2,1H3,(H,23,24)(H,25,26). The number of aromatic nitrogens is 1. The molecule has 1 heterocycles. The van der Waals surface area contributed by atoms with E-state index in [1.165, 1.54) is 31.2 Å². The quantitative estimate of drug-likeness (QED) is 0.720. The fourth-order valence-electron chi connectivity index (χ4n) is 3.49. The second-order valence-corrected chi connectivity index (χ2v) is 7.12. The second kappa shape index (κ2) is 9.95. The number of amides is 1. The van der Waals surface area contributed by atoms with Gasteiger partial charge in [0.25, 0.3) is 5.91 Å². The molecule has 0 aliphatic heterocycles. The van der Waals surface area contributed by atoms with E-state index in [-0.39, 0.29) is 5.91 Å². The van der Waals surface area contributed by atoms with Crippen molar-refractivity contribution in [3.63, 3.8) is 0 Å². The molecule has 1 aromatic heterocycles. The van der Waals surface area contributed by atoms with Gasteiger partial charge >= 0.3 is 0 Å². The van der Waals surface area contributed by atoms with E-state index >= 15 is 0 Å². The molecule has 27 heavy (non-hydrogen) atoms. The van der Waals surface area contributed by atoms with Gasteiger partial charge in [-0.25, -0.2) is 4.98 Å². The van der Waals surface area contributed by atoms with Gasteiger partial charge in [0.1, 0.15) is 11.6 Å². The first-order valence-corrected chi connectivity index (χ1v) is 9.88. The SMILES string of the molecule is COc1cccc(CCNc2ccc(C(=O)NC3CCCCCC3)cn2)c1. The molecule has 1 fully saturated rings. The lowest BCUT2D eigenvalue weighted by molar-refractivity contribution is 0.0933. The highest BCUT2D eigenvalue weighted by Crippen LogP contribution is 2.18. The minimum absolute atomic E-state index is 0.0164. The maximum Gasteiger partial charge on any atom is 0.253 e. The summed E-state index contributed by atoms with van der Waals surface area (Å²) in [5.74, 6) is 1.64. The molecule has 0 bridgehead atoms. The van der Waals surface area contributed by atoms with Crippen molar-refractivity contribution in [3.05, 3.63) is 53.7 Å². The lowest BCUT2D eigenvalue weighted by Crippen LogP contribution is -2.34. The van der Waals surface area contributed by atoms with E-state index in [1.807, 2.05) is 30.3 Å². The van der Waals surface area contributed by atoms with Crippen LogP contribution >= 0.6 is 0 Å². The number of hydrogen-bond acceptors (Lipinski definition) is 4. The van der Waals surface area contributed by atoms with Gasteiger partial charge in [-0.15, -0.1) is 0 Å². The van der Waals surface area contributed by atoms with Gasteiger partial charge in [-0.1, -0.05) is 37.8 Å². The third kappa shape index (κ3) is 5.98. The van der Waals surface area contributed by atoms with Crippen LogP contribution in [0.5, 0.6) is 5.75 Å². The van der Waals surface area contributed by atoms with Crippen LogP contribution in [0.25, 0.3) is 0 Å². The average Bonchev–Trinajstić information content (AvgIpc) is 2.97. The number of benzene rings is 1. The highest BCUT2D eigenvalue weighted by Gasteiger charge is 2.15. The minimum Gasteiger partial charge on any atom is -0.497 e. The van der Waals surface area contributed by atoms with Crippen LogP contribution in [0.15, 0.2) is 42.6 Å². The summed E-state index contributed by atoms with van der Waals surface area (Å²) in [6, 6.07) is 12.1. The van der Waals surface area contributed by atoms with Crippen molar-refractivity contribution >= 4 is 11.7 Å². The first-order chi connectivity index (χ1) is 13.2. The summed E-state index contributed by atoms with van der Waals surface area (Å²) < 4.78 is 5.25. The number of pyridine rings is 1. The topological polar surface area (TPSA) is 63.2 Å². The summed E-state index contributed by atoms with van der Waals surface area (Å²) in [4.78, 5) is 16.8. The number of anilines is 1. The largest absolute Gasteiger partial charge is 0.497 e. The van der Waals surface area contributed by atoms with Crippen molar-refractivity contribution in [1.82, 2.24) is 10.3 Å².